The van der Waals surface area contributed by atoms with Gasteiger partial charge >= 0.3 is 5.97 Å². The van der Waals surface area contributed by atoms with Gasteiger partial charge in [-0.25, -0.2) is 9.78 Å². The van der Waals surface area contributed by atoms with Crippen molar-refractivity contribution in [3.05, 3.63) is 18.3 Å². The third kappa shape index (κ3) is 3.61. The van der Waals surface area contributed by atoms with Crippen molar-refractivity contribution in [2.45, 2.75) is 26.8 Å². The fourth-order valence-electron chi connectivity index (χ4n) is 1.50. The lowest BCUT2D eigenvalue weighted by molar-refractivity contribution is -0.143. The maximum absolute atomic E-state index is 11.8. The van der Waals surface area contributed by atoms with Gasteiger partial charge in [-0.05, 0) is 11.5 Å². The Hall–Kier alpha value is -1.78. The number of nitrogens with one attached hydrogen (secondary N) is 1. The van der Waals surface area contributed by atoms with Gasteiger partial charge in [0.1, 0.15) is 6.04 Å². The minimum Gasteiger partial charge on any atom is -0.481 e. The summed E-state index contributed by atoms with van der Waals surface area (Å²) in [7, 11) is 2.94. The van der Waals surface area contributed by atoms with Crippen LogP contribution < -0.4 is 10.1 Å². The van der Waals surface area contributed by atoms with Crippen molar-refractivity contribution >= 4 is 11.7 Å². The molecule has 0 saturated heterocycles. The van der Waals surface area contributed by atoms with Crippen molar-refractivity contribution in [3.8, 4) is 5.88 Å². The van der Waals surface area contributed by atoms with E-state index in [1.165, 1.54) is 7.11 Å². The number of rotatable bonds is 4. The quantitative estimate of drug-likeness (QED) is 0.831. The lowest BCUT2D eigenvalue weighted by atomic mass is 9.86. The first kappa shape index (κ1) is 14.3. The average Bonchev–Trinajstić information content (AvgIpc) is 2.34. The summed E-state index contributed by atoms with van der Waals surface area (Å²) < 4.78 is 9.79. The van der Waals surface area contributed by atoms with E-state index in [1.54, 1.807) is 19.4 Å². The molecule has 0 bridgehead atoms. The molecule has 0 radical (unpaired) electrons. The highest BCUT2D eigenvalue weighted by Gasteiger charge is 2.32. The summed E-state index contributed by atoms with van der Waals surface area (Å²) in [4.78, 5) is 15.8. The first-order valence-electron chi connectivity index (χ1n) is 5.73. The fraction of sp³-hybridized carbons (Fsp3) is 0.538. The van der Waals surface area contributed by atoms with Crippen LogP contribution >= 0.6 is 0 Å². The number of hydrogen-bond acceptors (Lipinski definition) is 5. The second-order valence-electron chi connectivity index (χ2n) is 5.06. The monoisotopic (exact) mass is 252 g/mol. The molecule has 5 heteroatoms. The third-order valence-electron chi connectivity index (χ3n) is 2.56. The number of ether oxygens (including phenoxy) is 2. The Balaban J connectivity index is 2.86. The second-order valence-corrected chi connectivity index (χ2v) is 5.06. The topological polar surface area (TPSA) is 60.5 Å². The summed E-state index contributed by atoms with van der Waals surface area (Å²) in [5.74, 6) is 0.240. The summed E-state index contributed by atoms with van der Waals surface area (Å²) in [6.07, 6.45) is 1.63. The molecule has 1 rings (SSSR count). The van der Waals surface area contributed by atoms with Crippen molar-refractivity contribution in [2.24, 2.45) is 5.41 Å². The van der Waals surface area contributed by atoms with Gasteiger partial charge < -0.3 is 14.8 Å². The van der Waals surface area contributed by atoms with Crippen LogP contribution in [0.4, 0.5) is 5.69 Å². The molecule has 100 valence electrons. The van der Waals surface area contributed by atoms with Crippen molar-refractivity contribution in [3.63, 3.8) is 0 Å². The molecule has 1 atom stereocenters. The van der Waals surface area contributed by atoms with Gasteiger partial charge in [-0.3, -0.25) is 0 Å². The Kier molecular flexibility index (Phi) is 4.53. The van der Waals surface area contributed by atoms with Crippen LogP contribution in [0.1, 0.15) is 20.8 Å². The smallest absolute Gasteiger partial charge is 0.328 e. The van der Waals surface area contributed by atoms with E-state index in [0.29, 0.717) is 5.88 Å². The van der Waals surface area contributed by atoms with E-state index in [4.69, 9.17) is 9.47 Å². The van der Waals surface area contributed by atoms with Gasteiger partial charge in [-0.2, -0.15) is 0 Å². The largest absolute Gasteiger partial charge is 0.481 e. The van der Waals surface area contributed by atoms with E-state index < -0.39 is 6.04 Å². The molecule has 0 aliphatic rings. The van der Waals surface area contributed by atoms with Gasteiger partial charge in [-0.15, -0.1) is 0 Å². The number of nitrogens with zero attached hydrogens (tertiary/aromatic N) is 1. The van der Waals surface area contributed by atoms with Crippen molar-refractivity contribution < 1.29 is 14.3 Å². The van der Waals surface area contributed by atoms with E-state index in [1.807, 2.05) is 26.8 Å². The van der Waals surface area contributed by atoms with Crippen molar-refractivity contribution in [1.29, 1.82) is 0 Å². The SMILES string of the molecule is COC(=O)[C@@H](Nc1ccc(OC)nc1)C(C)(C)C. The van der Waals surface area contributed by atoms with E-state index >= 15 is 0 Å². The molecule has 0 aliphatic heterocycles. The highest BCUT2D eigenvalue weighted by molar-refractivity contribution is 5.80. The Morgan fingerprint density at radius 3 is 2.39 bits per heavy atom. The minimum absolute atomic E-state index is 0.257. The standard InChI is InChI=1S/C13H20N2O3/c1-13(2,3)11(12(16)18-5)15-9-6-7-10(17-4)14-8-9/h6-8,11,15H,1-5H3/t11-/m1/s1. The zero-order valence-electron chi connectivity index (χ0n) is 11.5. The zero-order valence-corrected chi connectivity index (χ0v) is 11.5. The molecule has 0 aromatic carbocycles. The van der Waals surface area contributed by atoms with E-state index in [-0.39, 0.29) is 11.4 Å². The van der Waals surface area contributed by atoms with Gasteiger partial charge in [0, 0.05) is 6.07 Å². The van der Waals surface area contributed by atoms with Gasteiger partial charge in [0.2, 0.25) is 5.88 Å². The molecule has 0 saturated carbocycles. The first-order valence-corrected chi connectivity index (χ1v) is 5.73. The molecule has 0 spiro atoms. The number of methoxy groups -OCH3 is 2. The number of anilines is 1. The van der Waals surface area contributed by atoms with Crippen LogP contribution in [0.2, 0.25) is 0 Å². The van der Waals surface area contributed by atoms with E-state index in [0.717, 1.165) is 5.69 Å². The number of pyridine rings is 1. The molecule has 18 heavy (non-hydrogen) atoms. The predicted octanol–water partition coefficient (Wildman–Crippen LogP) is 2.09. The average molecular weight is 252 g/mol. The van der Waals surface area contributed by atoms with Gasteiger partial charge in [0.15, 0.2) is 0 Å². The number of carbonyl (C=O) groups excluding carboxylic acids is 1. The van der Waals surface area contributed by atoms with Gasteiger partial charge in [0.05, 0.1) is 26.1 Å². The third-order valence-corrected chi connectivity index (χ3v) is 2.56. The minimum atomic E-state index is -0.433. The molecule has 1 aromatic rings. The van der Waals surface area contributed by atoms with Crippen LogP contribution in [0.25, 0.3) is 0 Å². The predicted molar refractivity (Wildman–Crippen MR) is 69.7 cm³/mol. The Labute approximate surface area is 108 Å². The second kappa shape index (κ2) is 5.71. The Bertz CT molecular complexity index is 396. The maximum Gasteiger partial charge on any atom is 0.328 e. The van der Waals surface area contributed by atoms with Crippen molar-refractivity contribution in [1.82, 2.24) is 4.98 Å². The Morgan fingerprint density at radius 1 is 1.33 bits per heavy atom. The first-order chi connectivity index (χ1) is 8.38. The van der Waals surface area contributed by atoms with E-state index in [9.17, 15) is 4.79 Å². The van der Waals surface area contributed by atoms with Crippen LogP contribution in [0, 0.1) is 5.41 Å². The van der Waals surface area contributed by atoms with Crippen LogP contribution in [0.5, 0.6) is 5.88 Å². The zero-order chi connectivity index (χ0) is 13.8. The molecule has 0 amide bonds. The lowest BCUT2D eigenvalue weighted by Gasteiger charge is -2.29. The highest BCUT2D eigenvalue weighted by atomic mass is 16.5. The lowest BCUT2D eigenvalue weighted by Crippen LogP contribution is -2.41. The maximum atomic E-state index is 11.8. The van der Waals surface area contributed by atoms with Crippen LogP contribution in [-0.4, -0.2) is 31.2 Å². The van der Waals surface area contributed by atoms with Crippen molar-refractivity contribution in [2.75, 3.05) is 19.5 Å². The number of carbonyl (C=O) groups is 1. The summed E-state index contributed by atoms with van der Waals surface area (Å²) in [5, 5.41) is 3.13. The number of hydrogen-bond donors (Lipinski definition) is 1. The number of esters is 1. The molecule has 1 N–H and O–H groups in total. The van der Waals surface area contributed by atoms with Gasteiger partial charge in [-0.1, -0.05) is 20.8 Å². The molecule has 0 fully saturated rings. The molecule has 0 aliphatic carbocycles. The molecular formula is C13H20N2O3. The van der Waals surface area contributed by atoms with Crippen LogP contribution in [0.3, 0.4) is 0 Å². The Morgan fingerprint density at radius 2 is 2.00 bits per heavy atom. The molecular weight excluding hydrogens is 232 g/mol. The fourth-order valence-corrected chi connectivity index (χ4v) is 1.50. The van der Waals surface area contributed by atoms with Crippen LogP contribution in [0.15, 0.2) is 18.3 Å². The molecule has 1 heterocycles. The molecule has 5 nitrogen and oxygen atoms in total. The summed E-state index contributed by atoms with van der Waals surface area (Å²) in [6, 6.07) is 3.12. The summed E-state index contributed by atoms with van der Waals surface area (Å²) >= 11 is 0. The highest BCUT2D eigenvalue weighted by Crippen LogP contribution is 2.24. The normalized spacial score (nSPS) is 12.7. The summed E-state index contributed by atoms with van der Waals surface area (Å²) in [6.45, 7) is 5.91. The number of aromatic nitrogens is 1. The van der Waals surface area contributed by atoms with E-state index in [2.05, 4.69) is 10.3 Å². The molecule has 1 aromatic heterocycles. The molecule has 0 unspecified atom stereocenters. The van der Waals surface area contributed by atoms with Crippen LogP contribution in [-0.2, 0) is 9.53 Å². The summed E-state index contributed by atoms with van der Waals surface area (Å²) in [5.41, 5.74) is 0.494. The van der Waals surface area contributed by atoms with Gasteiger partial charge in [0.25, 0.3) is 0 Å².